The molecule has 0 spiro atoms. The molecule has 1 aromatic heterocycles. The largest absolute Gasteiger partial charge is 0.496 e. The molecule has 4 aromatic carbocycles. The van der Waals surface area contributed by atoms with Gasteiger partial charge in [-0.25, -0.2) is 9.59 Å². The minimum Gasteiger partial charge on any atom is -0.496 e. The molecule has 0 aliphatic carbocycles. The summed E-state index contributed by atoms with van der Waals surface area (Å²) in [5.74, 6) is -3.07. The number of aliphatic carboxylic acids is 4. The second kappa shape index (κ2) is 23.5. The SMILES string of the molecule is CC(Cc1ccccc1)C(=O)O.COc1ccccc1/C=C\C(=O)O.O=C(O)C(=Cc1ccccc1)c1ccccc1.O=C(O)Cc1ccncc1. The molecular weight excluding hydrogens is 662 g/mol. The van der Waals surface area contributed by atoms with Crippen LogP contribution >= 0.6 is 0 Å². The first-order valence-electron chi connectivity index (χ1n) is 16.0. The van der Waals surface area contributed by atoms with Gasteiger partial charge in [0.1, 0.15) is 5.75 Å². The number of benzene rings is 4. The van der Waals surface area contributed by atoms with E-state index in [1.54, 1.807) is 68.9 Å². The van der Waals surface area contributed by atoms with Gasteiger partial charge in [0.2, 0.25) is 0 Å². The molecule has 0 saturated carbocycles. The fourth-order valence-electron chi connectivity index (χ4n) is 4.30. The second-order valence-electron chi connectivity index (χ2n) is 10.9. The topological polar surface area (TPSA) is 171 Å². The van der Waals surface area contributed by atoms with Crippen molar-refractivity contribution in [2.45, 2.75) is 19.8 Å². The van der Waals surface area contributed by atoms with E-state index in [0.29, 0.717) is 23.3 Å². The van der Waals surface area contributed by atoms with E-state index in [1.165, 1.54) is 6.08 Å². The molecule has 0 aliphatic heterocycles. The molecule has 1 atom stereocenters. The van der Waals surface area contributed by atoms with Crippen LogP contribution < -0.4 is 4.74 Å². The highest BCUT2D eigenvalue weighted by atomic mass is 16.5. The summed E-state index contributed by atoms with van der Waals surface area (Å²) in [6.07, 6.45) is 8.10. The molecule has 268 valence electrons. The van der Waals surface area contributed by atoms with Crippen LogP contribution in [-0.2, 0) is 32.0 Å². The van der Waals surface area contributed by atoms with Crippen molar-refractivity contribution < 1.29 is 44.3 Å². The van der Waals surface area contributed by atoms with Gasteiger partial charge in [0.25, 0.3) is 0 Å². The van der Waals surface area contributed by atoms with Crippen molar-refractivity contribution in [3.63, 3.8) is 0 Å². The molecule has 0 saturated heterocycles. The molecule has 0 bridgehead atoms. The van der Waals surface area contributed by atoms with Crippen molar-refractivity contribution in [1.29, 1.82) is 0 Å². The summed E-state index contributed by atoms with van der Waals surface area (Å²) >= 11 is 0. The van der Waals surface area contributed by atoms with Gasteiger partial charge in [0, 0.05) is 24.0 Å². The smallest absolute Gasteiger partial charge is 0.336 e. The lowest BCUT2D eigenvalue weighted by atomic mass is 10.0. The van der Waals surface area contributed by atoms with Crippen molar-refractivity contribution in [3.05, 3.63) is 174 Å². The zero-order valence-electron chi connectivity index (χ0n) is 28.8. The minimum absolute atomic E-state index is 0.0719. The number of carboxylic acid groups (broad SMARTS) is 4. The van der Waals surface area contributed by atoms with Crippen LogP contribution in [0.15, 0.2) is 146 Å². The Morgan fingerprint density at radius 3 is 1.75 bits per heavy atom. The first-order valence-corrected chi connectivity index (χ1v) is 16.0. The summed E-state index contributed by atoms with van der Waals surface area (Å²) in [5.41, 5.74) is 4.51. The molecule has 52 heavy (non-hydrogen) atoms. The third kappa shape index (κ3) is 17.0. The van der Waals surface area contributed by atoms with E-state index in [1.807, 2.05) is 91.0 Å². The molecule has 4 N–H and O–H groups in total. The Kier molecular flexibility index (Phi) is 18.7. The van der Waals surface area contributed by atoms with Crippen molar-refractivity contribution in [2.24, 2.45) is 5.92 Å². The van der Waals surface area contributed by atoms with Gasteiger partial charge in [-0.15, -0.1) is 0 Å². The van der Waals surface area contributed by atoms with E-state index in [2.05, 4.69) is 4.98 Å². The van der Waals surface area contributed by atoms with Gasteiger partial charge >= 0.3 is 23.9 Å². The number of nitrogens with zero attached hydrogens (tertiary/aromatic N) is 1. The average Bonchev–Trinajstić information content (AvgIpc) is 3.15. The lowest BCUT2D eigenvalue weighted by molar-refractivity contribution is -0.141. The standard InChI is InChI=1S/C15H12O2.C10H10O3.C10H12O2.C7H7NO2/c16-15(17)14(13-9-5-2-6-10-13)11-12-7-3-1-4-8-12;1-13-9-5-3-2-4-8(9)6-7-10(11)12;1-8(10(11)12)7-9-5-3-2-4-6-9;9-7(10)5-6-1-3-8-4-2-6/h1-11H,(H,16,17);2-7H,1H3,(H,11,12);2-6,8H,7H2,1H3,(H,11,12);1-4H,5H2,(H,9,10)/b;7-6-;;. The normalized spacial score (nSPS) is 10.8. The van der Waals surface area contributed by atoms with Crippen molar-refractivity contribution in [2.75, 3.05) is 7.11 Å². The quantitative estimate of drug-likeness (QED) is 0.0787. The fraction of sp³-hybridized carbons (Fsp3) is 0.119. The van der Waals surface area contributed by atoms with Crippen LogP contribution in [0.5, 0.6) is 5.75 Å². The summed E-state index contributed by atoms with van der Waals surface area (Å²) in [6, 6.07) is 38.8. The Morgan fingerprint density at radius 1 is 0.692 bits per heavy atom. The van der Waals surface area contributed by atoms with Crippen molar-refractivity contribution in [3.8, 4) is 5.75 Å². The maximum absolute atomic E-state index is 11.2. The Bertz CT molecular complexity index is 1880. The number of ether oxygens (including phenoxy) is 1. The van der Waals surface area contributed by atoms with E-state index < -0.39 is 23.9 Å². The summed E-state index contributed by atoms with van der Waals surface area (Å²) < 4.78 is 5.03. The molecule has 0 aliphatic rings. The third-order valence-corrected chi connectivity index (χ3v) is 6.88. The highest BCUT2D eigenvalue weighted by Crippen LogP contribution is 2.19. The monoisotopic (exact) mass is 703 g/mol. The Hall–Kier alpha value is -6.81. The molecule has 10 nitrogen and oxygen atoms in total. The number of carbonyl (C=O) groups is 4. The van der Waals surface area contributed by atoms with E-state index in [4.69, 9.17) is 20.1 Å². The Morgan fingerprint density at radius 2 is 1.23 bits per heavy atom. The molecule has 0 fully saturated rings. The Labute approximate surface area is 302 Å². The minimum atomic E-state index is -0.967. The van der Waals surface area contributed by atoms with E-state index in [9.17, 15) is 24.3 Å². The Balaban J connectivity index is 0.000000245. The zero-order valence-corrected chi connectivity index (χ0v) is 28.8. The van der Waals surface area contributed by atoms with Crippen molar-refractivity contribution >= 4 is 41.6 Å². The number of para-hydroxylation sites is 1. The first kappa shape index (κ1) is 41.4. The van der Waals surface area contributed by atoms with E-state index in [-0.39, 0.29) is 12.3 Å². The van der Waals surface area contributed by atoms with E-state index >= 15 is 0 Å². The highest BCUT2D eigenvalue weighted by Gasteiger charge is 2.11. The maximum atomic E-state index is 11.2. The number of hydrogen-bond acceptors (Lipinski definition) is 6. The van der Waals surface area contributed by atoms with Gasteiger partial charge in [-0.05, 0) is 59.0 Å². The number of hydrogen-bond donors (Lipinski definition) is 4. The van der Waals surface area contributed by atoms with Crippen LogP contribution in [0.2, 0.25) is 0 Å². The van der Waals surface area contributed by atoms with Gasteiger partial charge in [0.15, 0.2) is 0 Å². The van der Waals surface area contributed by atoms with Crippen LogP contribution in [0.4, 0.5) is 0 Å². The highest BCUT2D eigenvalue weighted by molar-refractivity contribution is 6.20. The lowest BCUT2D eigenvalue weighted by Gasteiger charge is -2.04. The third-order valence-electron chi connectivity index (χ3n) is 6.88. The number of aromatic nitrogens is 1. The van der Waals surface area contributed by atoms with Gasteiger partial charge in [0.05, 0.1) is 25.0 Å². The average molecular weight is 704 g/mol. The van der Waals surface area contributed by atoms with Crippen molar-refractivity contribution in [1.82, 2.24) is 4.98 Å². The predicted octanol–water partition coefficient (Wildman–Crippen LogP) is 7.76. The lowest BCUT2D eigenvalue weighted by Crippen LogP contribution is -2.11. The van der Waals surface area contributed by atoms with Gasteiger partial charge in [-0.2, -0.15) is 0 Å². The number of rotatable bonds is 11. The summed E-state index contributed by atoms with van der Waals surface area (Å²) in [7, 11) is 1.55. The fourth-order valence-corrected chi connectivity index (χ4v) is 4.30. The van der Waals surface area contributed by atoms with Crippen LogP contribution in [0.1, 0.15) is 34.7 Å². The van der Waals surface area contributed by atoms with Crippen LogP contribution in [-0.4, -0.2) is 56.4 Å². The summed E-state index contributed by atoms with van der Waals surface area (Å²) in [5, 5.41) is 34.6. The second-order valence-corrected chi connectivity index (χ2v) is 10.9. The number of methoxy groups -OCH3 is 1. The van der Waals surface area contributed by atoms with Gasteiger partial charge < -0.3 is 25.2 Å². The maximum Gasteiger partial charge on any atom is 0.336 e. The van der Waals surface area contributed by atoms with E-state index in [0.717, 1.165) is 28.3 Å². The first-order chi connectivity index (χ1) is 25.0. The molecule has 1 unspecified atom stereocenters. The molecule has 0 radical (unpaired) electrons. The van der Waals surface area contributed by atoms with Crippen LogP contribution in [0.25, 0.3) is 17.7 Å². The zero-order chi connectivity index (χ0) is 38.1. The molecule has 5 rings (SSSR count). The molecule has 0 amide bonds. The van der Waals surface area contributed by atoms with Crippen LogP contribution in [0, 0.1) is 5.92 Å². The molecular formula is C42H41NO9. The van der Waals surface area contributed by atoms with Gasteiger partial charge in [-0.3, -0.25) is 14.6 Å². The molecule has 10 heteroatoms. The van der Waals surface area contributed by atoms with Gasteiger partial charge in [-0.1, -0.05) is 116 Å². The number of carboxylic acids is 4. The summed E-state index contributed by atoms with van der Waals surface area (Å²) in [4.78, 5) is 45.9. The molecule has 1 heterocycles. The molecule has 5 aromatic rings. The number of pyridine rings is 1. The predicted molar refractivity (Wildman–Crippen MR) is 201 cm³/mol. The summed E-state index contributed by atoms with van der Waals surface area (Å²) in [6.45, 7) is 1.72. The van der Waals surface area contributed by atoms with Crippen LogP contribution in [0.3, 0.4) is 0 Å².